The van der Waals surface area contributed by atoms with Crippen molar-refractivity contribution in [2.24, 2.45) is 0 Å². The van der Waals surface area contributed by atoms with Crippen LogP contribution in [0.5, 0.6) is 0 Å². The van der Waals surface area contributed by atoms with Gasteiger partial charge in [0.15, 0.2) is 0 Å². The van der Waals surface area contributed by atoms with Crippen molar-refractivity contribution in [1.29, 1.82) is 0 Å². The molecule has 0 saturated heterocycles. The van der Waals surface area contributed by atoms with Crippen molar-refractivity contribution in [1.82, 2.24) is 10.6 Å². The van der Waals surface area contributed by atoms with Crippen LogP contribution in [-0.2, 0) is 5.60 Å². The van der Waals surface area contributed by atoms with E-state index < -0.39 is 5.60 Å². The second-order valence-corrected chi connectivity index (χ2v) is 6.44. The third-order valence-corrected chi connectivity index (χ3v) is 4.37. The Balaban J connectivity index is 1.78. The summed E-state index contributed by atoms with van der Waals surface area (Å²) in [5.74, 6) is 0.270. The van der Waals surface area contributed by atoms with Gasteiger partial charge in [-0.25, -0.2) is 4.79 Å². The highest BCUT2D eigenvalue weighted by Gasteiger charge is 2.23. The van der Waals surface area contributed by atoms with E-state index in [4.69, 9.17) is 0 Å². The Kier molecular flexibility index (Phi) is 5.57. The number of hydrogen-bond acceptors (Lipinski definition) is 3. The molecule has 0 aliphatic heterocycles. The maximum Gasteiger partial charge on any atom is 0.314 e. The Morgan fingerprint density at radius 1 is 1.27 bits per heavy atom. The van der Waals surface area contributed by atoms with E-state index in [2.05, 4.69) is 29.0 Å². The van der Waals surface area contributed by atoms with Gasteiger partial charge < -0.3 is 15.7 Å². The van der Waals surface area contributed by atoms with Gasteiger partial charge in [-0.1, -0.05) is 37.3 Å². The van der Waals surface area contributed by atoms with Crippen LogP contribution in [0.1, 0.15) is 30.9 Å². The number of thiophene rings is 1. The molecule has 0 bridgehead atoms. The van der Waals surface area contributed by atoms with E-state index in [0.717, 1.165) is 5.56 Å². The Bertz CT molecular complexity index is 582. The average molecular weight is 318 g/mol. The first kappa shape index (κ1) is 16.5. The van der Waals surface area contributed by atoms with Crippen molar-refractivity contribution in [3.05, 3.63) is 58.3 Å². The zero-order valence-corrected chi connectivity index (χ0v) is 13.7. The minimum absolute atomic E-state index is 0.162. The molecule has 2 rings (SSSR count). The SMILES string of the molecule is CC(CNC(=O)NCC(C)(O)c1ccccc1)c1ccsc1. The molecule has 4 nitrogen and oxygen atoms in total. The number of carbonyl (C=O) groups is 1. The molecule has 1 aromatic heterocycles. The number of hydrogen-bond donors (Lipinski definition) is 3. The van der Waals surface area contributed by atoms with Crippen molar-refractivity contribution < 1.29 is 9.90 Å². The zero-order valence-electron chi connectivity index (χ0n) is 12.9. The summed E-state index contributed by atoms with van der Waals surface area (Å²) in [4.78, 5) is 11.9. The summed E-state index contributed by atoms with van der Waals surface area (Å²) in [6, 6.07) is 11.1. The molecule has 0 radical (unpaired) electrons. The zero-order chi connectivity index (χ0) is 16.0. The lowest BCUT2D eigenvalue weighted by Gasteiger charge is -2.24. The van der Waals surface area contributed by atoms with Gasteiger partial charge in [0.05, 0.1) is 6.54 Å². The maximum atomic E-state index is 11.9. The van der Waals surface area contributed by atoms with Gasteiger partial charge in [-0.3, -0.25) is 0 Å². The third-order valence-electron chi connectivity index (χ3n) is 3.67. The predicted octanol–water partition coefficient (Wildman–Crippen LogP) is 3.06. The fourth-order valence-electron chi connectivity index (χ4n) is 2.13. The lowest BCUT2D eigenvalue weighted by atomic mass is 9.96. The van der Waals surface area contributed by atoms with Crippen LogP contribution in [-0.4, -0.2) is 24.2 Å². The molecule has 2 aromatic rings. The van der Waals surface area contributed by atoms with E-state index in [9.17, 15) is 9.90 Å². The number of urea groups is 1. The van der Waals surface area contributed by atoms with Gasteiger partial charge in [-0.2, -0.15) is 11.3 Å². The molecular weight excluding hydrogens is 296 g/mol. The highest BCUT2D eigenvalue weighted by molar-refractivity contribution is 7.07. The second-order valence-electron chi connectivity index (χ2n) is 5.66. The number of benzene rings is 1. The molecule has 2 amide bonds. The molecule has 22 heavy (non-hydrogen) atoms. The number of rotatable bonds is 6. The van der Waals surface area contributed by atoms with E-state index in [0.29, 0.717) is 6.54 Å². The topological polar surface area (TPSA) is 61.4 Å². The van der Waals surface area contributed by atoms with Gasteiger partial charge in [-0.15, -0.1) is 0 Å². The van der Waals surface area contributed by atoms with Gasteiger partial charge in [0.2, 0.25) is 0 Å². The van der Waals surface area contributed by atoms with E-state index in [-0.39, 0.29) is 18.5 Å². The first-order valence-electron chi connectivity index (χ1n) is 7.31. The molecule has 1 aromatic carbocycles. The van der Waals surface area contributed by atoms with E-state index >= 15 is 0 Å². The lowest BCUT2D eigenvalue weighted by Crippen LogP contribution is -2.44. The van der Waals surface area contributed by atoms with E-state index in [1.54, 1.807) is 18.3 Å². The molecule has 0 aliphatic carbocycles. The smallest absolute Gasteiger partial charge is 0.314 e. The molecule has 2 atom stereocenters. The van der Waals surface area contributed by atoms with Crippen LogP contribution in [0.4, 0.5) is 4.79 Å². The second kappa shape index (κ2) is 7.42. The number of aliphatic hydroxyl groups is 1. The number of amides is 2. The minimum Gasteiger partial charge on any atom is -0.384 e. The van der Waals surface area contributed by atoms with Crippen LogP contribution in [0.25, 0.3) is 0 Å². The van der Waals surface area contributed by atoms with Gasteiger partial charge in [0, 0.05) is 6.54 Å². The summed E-state index contributed by atoms with van der Waals surface area (Å²) in [6.07, 6.45) is 0. The van der Waals surface area contributed by atoms with Crippen molar-refractivity contribution in [2.75, 3.05) is 13.1 Å². The van der Waals surface area contributed by atoms with Crippen LogP contribution < -0.4 is 10.6 Å². The monoisotopic (exact) mass is 318 g/mol. The molecule has 0 fully saturated rings. The standard InChI is InChI=1S/C17H22N2O2S/c1-13(14-8-9-22-11-14)10-18-16(20)19-12-17(2,21)15-6-4-3-5-7-15/h3-9,11,13,21H,10,12H2,1-2H3,(H2,18,19,20). The first-order valence-corrected chi connectivity index (χ1v) is 8.25. The van der Waals surface area contributed by atoms with Crippen LogP contribution in [0.3, 0.4) is 0 Å². The number of nitrogens with one attached hydrogen (secondary N) is 2. The Hall–Kier alpha value is -1.85. The number of carbonyl (C=O) groups excluding carboxylic acids is 1. The normalized spacial score (nSPS) is 14.9. The van der Waals surface area contributed by atoms with Crippen LogP contribution in [0.15, 0.2) is 47.2 Å². The van der Waals surface area contributed by atoms with Crippen molar-refractivity contribution >= 4 is 17.4 Å². The van der Waals surface area contributed by atoms with Crippen molar-refractivity contribution in [3.8, 4) is 0 Å². The molecular formula is C17H22N2O2S. The molecule has 1 heterocycles. The molecule has 5 heteroatoms. The van der Waals surface area contributed by atoms with Crippen molar-refractivity contribution in [3.63, 3.8) is 0 Å². The van der Waals surface area contributed by atoms with Gasteiger partial charge in [-0.05, 0) is 40.8 Å². The molecule has 3 N–H and O–H groups in total. The molecule has 0 spiro atoms. The molecule has 2 unspecified atom stereocenters. The Labute approximate surface area is 135 Å². The third kappa shape index (κ3) is 4.58. The summed E-state index contributed by atoms with van der Waals surface area (Å²) >= 11 is 1.65. The molecule has 118 valence electrons. The fourth-order valence-corrected chi connectivity index (χ4v) is 2.92. The summed E-state index contributed by atoms with van der Waals surface area (Å²) in [7, 11) is 0. The first-order chi connectivity index (χ1) is 10.5. The predicted molar refractivity (Wildman–Crippen MR) is 90.1 cm³/mol. The average Bonchev–Trinajstić information content (AvgIpc) is 3.06. The maximum absolute atomic E-state index is 11.9. The highest BCUT2D eigenvalue weighted by Crippen LogP contribution is 2.19. The summed E-state index contributed by atoms with van der Waals surface area (Å²) in [5.41, 5.74) is 0.918. The van der Waals surface area contributed by atoms with E-state index in [1.165, 1.54) is 5.56 Å². The molecule has 0 saturated carbocycles. The summed E-state index contributed by atoms with van der Waals surface area (Å²) < 4.78 is 0. The van der Waals surface area contributed by atoms with Gasteiger partial charge in [0.1, 0.15) is 5.60 Å². The van der Waals surface area contributed by atoms with E-state index in [1.807, 2.05) is 35.7 Å². The Morgan fingerprint density at radius 2 is 2.00 bits per heavy atom. The largest absolute Gasteiger partial charge is 0.384 e. The summed E-state index contributed by atoms with van der Waals surface area (Å²) in [5, 5.41) is 20.1. The van der Waals surface area contributed by atoms with Crippen LogP contribution >= 0.6 is 11.3 Å². The van der Waals surface area contributed by atoms with Gasteiger partial charge in [0.25, 0.3) is 0 Å². The van der Waals surface area contributed by atoms with Crippen molar-refractivity contribution in [2.45, 2.75) is 25.4 Å². The minimum atomic E-state index is -1.09. The molecule has 0 aliphatic rings. The fraction of sp³-hybridized carbons (Fsp3) is 0.353. The lowest BCUT2D eigenvalue weighted by molar-refractivity contribution is 0.0594. The van der Waals surface area contributed by atoms with Crippen LogP contribution in [0.2, 0.25) is 0 Å². The van der Waals surface area contributed by atoms with Crippen LogP contribution in [0, 0.1) is 0 Å². The van der Waals surface area contributed by atoms with Gasteiger partial charge >= 0.3 is 6.03 Å². The highest BCUT2D eigenvalue weighted by atomic mass is 32.1. The Morgan fingerprint density at radius 3 is 2.64 bits per heavy atom. The summed E-state index contributed by atoms with van der Waals surface area (Å²) in [6.45, 7) is 4.49. The quantitative estimate of drug-likeness (QED) is 0.766.